The van der Waals surface area contributed by atoms with Gasteiger partial charge in [0.05, 0.1) is 4.92 Å². The van der Waals surface area contributed by atoms with E-state index in [1.807, 2.05) is 23.9 Å². The lowest BCUT2D eigenvalue weighted by Gasteiger charge is -2.09. The Morgan fingerprint density at radius 3 is 2.78 bits per heavy atom. The van der Waals surface area contributed by atoms with Gasteiger partial charge in [0, 0.05) is 24.1 Å². The van der Waals surface area contributed by atoms with Crippen LogP contribution in [0.3, 0.4) is 0 Å². The van der Waals surface area contributed by atoms with Crippen LogP contribution in [0.2, 0.25) is 0 Å². The van der Waals surface area contributed by atoms with Gasteiger partial charge in [0.2, 0.25) is 0 Å². The molecule has 4 nitrogen and oxygen atoms in total. The van der Waals surface area contributed by atoms with Crippen LogP contribution in [0.4, 0.5) is 11.4 Å². The minimum atomic E-state index is -0.347. The van der Waals surface area contributed by atoms with Crippen LogP contribution in [0.25, 0.3) is 0 Å². The molecule has 0 radical (unpaired) electrons. The first-order chi connectivity index (χ1) is 8.70. The largest absolute Gasteiger partial charge is 0.383 e. The Balaban J connectivity index is 2.02. The maximum absolute atomic E-state index is 10.8. The monoisotopic (exact) mass is 266 g/mol. The molecule has 0 amide bonds. The fraction of sp³-hybridized carbons (Fsp3) is 0.538. The Hall–Kier alpha value is -1.23. The minimum Gasteiger partial charge on any atom is -0.383 e. The highest BCUT2D eigenvalue weighted by atomic mass is 32.2. The van der Waals surface area contributed by atoms with Crippen molar-refractivity contribution in [1.29, 1.82) is 0 Å². The highest BCUT2D eigenvalue weighted by Crippen LogP contribution is 2.33. The van der Waals surface area contributed by atoms with Crippen LogP contribution in [0.1, 0.15) is 31.2 Å². The number of hydrogen-bond acceptors (Lipinski definition) is 4. The molecule has 1 aromatic rings. The molecule has 0 aliphatic heterocycles. The highest BCUT2D eigenvalue weighted by molar-refractivity contribution is 7.99. The topological polar surface area (TPSA) is 55.2 Å². The predicted molar refractivity (Wildman–Crippen MR) is 76.2 cm³/mol. The van der Waals surface area contributed by atoms with Gasteiger partial charge in [0.15, 0.2) is 0 Å². The Morgan fingerprint density at radius 1 is 1.44 bits per heavy atom. The lowest BCUT2D eigenvalue weighted by atomic mass is 10.2. The number of anilines is 1. The van der Waals surface area contributed by atoms with E-state index >= 15 is 0 Å². The van der Waals surface area contributed by atoms with Crippen molar-refractivity contribution in [2.45, 2.75) is 36.7 Å². The number of nitrogens with one attached hydrogen (secondary N) is 1. The summed E-state index contributed by atoms with van der Waals surface area (Å²) in [5, 5.41) is 14.5. The van der Waals surface area contributed by atoms with Gasteiger partial charge in [-0.05, 0) is 24.5 Å². The van der Waals surface area contributed by atoms with Gasteiger partial charge in [0.25, 0.3) is 5.69 Å². The number of rotatable bonds is 5. The van der Waals surface area contributed by atoms with E-state index < -0.39 is 0 Å². The third-order valence-corrected chi connectivity index (χ3v) is 4.76. The molecule has 18 heavy (non-hydrogen) atoms. The van der Waals surface area contributed by atoms with Crippen molar-refractivity contribution in [3.63, 3.8) is 0 Å². The zero-order chi connectivity index (χ0) is 13.0. The maximum Gasteiger partial charge on any atom is 0.292 e. The molecule has 1 aromatic carbocycles. The molecule has 0 aromatic heterocycles. The number of nitrogens with zero attached hydrogens (tertiary/aromatic N) is 1. The Labute approximate surface area is 111 Å². The van der Waals surface area contributed by atoms with Gasteiger partial charge in [-0.1, -0.05) is 18.9 Å². The van der Waals surface area contributed by atoms with Crippen molar-refractivity contribution in [2.24, 2.45) is 0 Å². The van der Waals surface area contributed by atoms with Crippen molar-refractivity contribution in [3.8, 4) is 0 Å². The summed E-state index contributed by atoms with van der Waals surface area (Å²) >= 11 is 1.97. The number of nitro benzene ring substituents is 1. The fourth-order valence-corrected chi connectivity index (χ4v) is 3.58. The lowest BCUT2D eigenvalue weighted by molar-refractivity contribution is -0.383. The highest BCUT2D eigenvalue weighted by Gasteiger charge is 2.16. The summed E-state index contributed by atoms with van der Waals surface area (Å²) in [5.74, 6) is 0.942. The van der Waals surface area contributed by atoms with Crippen molar-refractivity contribution >= 4 is 23.1 Å². The lowest BCUT2D eigenvalue weighted by Crippen LogP contribution is -1.99. The molecule has 0 atom stereocenters. The average Bonchev–Trinajstić information content (AvgIpc) is 2.88. The molecule has 1 fully saturated rings. The van der Waals surface area contributed by atoms with Crippen LogP contribution >= 0.6 is 11.8 Å². The Morgan fingerprint density at radius 2 is 2.17 bits per heavy atom. The standard InChI is InChI=1S/C13H18N2O2S/c1-14-12-8-10(6-7-13(12)15(16)17)9-18-11-4-2-3-5-11/h6-8,11,14H,2-5,9H2,1H3. The molecular weight excluding hydrogens is 248 g/mol. The van der Waals surface area contributed by atoms with Crippen molar-refractivity contribution in [3.05, 3.63) is 33.9 Å². The van der Waals surface area contributed by atoms with E-state index in [0.717, 1.165) is 16.6 Å². The molecule has 0 heterocycles. The molecule has 0 unspecified atom stereocenters. The van der Waals surface area contributed by atoms with Crippen LogP contribution in [-0.4, -0.2) is 17.2 Å². The van der Waals surface area contributed by atoms with Crippen LogP contribution in [0.15, 0.2) is 18.2 Å². The molecule has 2 rings (SSSR count). The molecule has 1 aliphatic rings. The van der Waals surface area contributed by atoms with Gasteiger partial charge in [-0.2, -0.15) is 11.8 Å². The number of thioether (sulfide) groups is 1. The van der Waals surface area contributed by atoms with Crippen molar-refractivity contribution in [1.82, 2.24) is 0 Å². The molecule has 1 saturated carbocycles. The Bertz CT molecular complexity index is 431. The van der Waals surface area contributed by atoms with E-state index in [-0.39, 0.29) is 10.6 Å². The normalized spacial score (nSPS) is 15.8. The molecule has 98 valence electrons. The van der Waals surface area contributed by atoms with E-state index in [1.54, 1.807) is 13.1 Å². The molecular formula is C13H18N2O2S. The van der Waals surface area contributed by atoms with Crippen LogP contribution < -0.4 is 5.32 Å². The first-order valence-corrected chi connectivity index (χ1v) is 7.32. The van der Waals surface area contributed by atoms with E-state index in [4.69, 9.17) is 0 Å². The summed E-state index contributed by atoms with van der Waals surface area (Å²) in [6, 6.07) is 5.34. The van der Waals surface area contributed by atoms with Crippen LogP contribution in [-0.2, 0) is 5.75 Å². The summed E-state index contributed by atoms with van der Waals surface area (Å²) in [4.78, 5) is 10.5. The first kappa shape index (κ1) is 13.2. The van der Waals surface area contributed by atoms with Gasteiger partial charge < -0.3 is 5.32 Å². The SMILES string of the molecule is CNc1cc(CSC2CCCC2)ccc1[N+](=O)[O-]. The fourth-order valence-electron chi connectivity index (χ4n) is 2.30. The predicted octanol–water partition coefficient (Wildman–Crippen LogP) is 3.81. The Kier molecular flexibility index (Phi) is 4.47. The quantitative estimate of drug-likeness (QED) is 0.650. The zero-order valence-electron chi connectivity index (χ0n) is 10.5. The average molecular weight is 266 g/mol. The van der Waals surface area contributed by atoms with Gasteiger partial charge >= 0.3 is 0 Å². The van der Waals surface area contributed by atoms with Gasteiger partial charge in [0.1, 0.15) is 5.69 Å². The third-order valence-electron chi connectivity index (χ3n) is 3.31. The summed E-state index contributed by atoms with van der Waals surface area (Å²) in [6.07, 6.45) is 5.33. The second kappa shape index (κ2) is 6.09. The van der Waals surface area contributed by atoms with E-state index in [0.29, 0.717) is 5.69 Å². The minimum absolute atomic E-state index is 0.145. The zero-order valence-corrected chi connectivity index (χ0v) is 11.3. The smallest absolute Gasteiger partial charge is 0.292 e. The molecule has 0 spiro atoms. The van der Waals surface area contributed by atoms with E-state index in [2.05, 4.69) is 5.32 Å². The van der Waals surface area contributed by atoms with Crippen LogP contribution in [0.5, 0.6) is 0 Å². The van der Waals surface area contributed by atoms with E-state index in [1.165, 1.54) is 25.7 Å². The number of hydrogen-bond donors (Lipinski definition) is 1. The number of benzene rings is 1. The van der Waals surface area contributed by atoms with Crippen LogP contribution in [0, 0.1) is 10.1 Å². The summed E-state index contributed by atoms with van der Waals surface area (Å²) in [7, 11) is 1.72. The third kappa shape index (κ3) is 3.16. The first-order valence-electron chi connectivity index (χ1n) is 6.27. The second-order valence-electron chi connectivity index (χ2n) is 4.58. The molecule has 0 saturated heterocycles. The van der Waals surface area contributed by atoms with Crippen molar-refractivity contribution in [2.75, 3.05) is 12.4 Å². The second-order valence-corrected chi connectivity index (χ2v) is 5.86. The summed E-state index contributed by atoms with van der Waals surface area (Å²) in [6.45, 7) is 0. The van der Waals surface area contributed by atoms with Gasteiger partial charge in [-0.3, -0.25) is 10.1 Å². The van der Waals surface area contributed by atoms with E-state index in [9.17, 15) is 10.1 Å². The molecule has 1 N–H and O–H groups in total. The number of nitro groups is 1. The van der Waals surface area contributed by atoms with Gasteiger partial charge in [-0.25, -0.2) is 0 Å². The molecule has 0 bridgehead atoms. The summed E-state index contributed by atoms with van der Waals surface area (Å²) in [5.41, 5.74) is 1.90. The summed E-state index contributed by atoms with van der Waals surface area (Å²) < 4.78 is 0. The maximum atomic E-state index is 10.8. The molecule has 1 aliphatic carbocycles. The molecule has 5 heteroatoms. The van der Waals surface area contributed by atoms with Gasteiger partial charge in [-0.15, -0.1) is 0 Å². The van der Waals surface area contributed by atoms with Crippen molar-refractivity contribution < 1.29 is 4.92 Å².